The predicted octanol–water partition coefficient (Wildman–Crippen LogP) is 3.29. The van der Waals surface area contributed by atoms with E-state index in [-0.39, 0.29) is 10.6 Å². The van der Waals surface area contributed by atoms with Gasteiger partial charge in [0.05, 0.1) is 30.2 Å². The Bertz CT molecular complexity index is 823. The lowest BCUT2D eigenvalue weighted by Crippen LogP contribution is -2.25. The van der Waals surface area contributed by atoms with Crippen LogP contribution in [-0.2, 0) is 9.47 Å². The highest BCUT2D eigenvalue weighted by Gasteiger charge is 2.17. The molecular formula is C19H24ClN3O4. The van der Waals surface area contributed by atoms with Crippen LogP contribution in [-0.4, -0.2) is 42.6 Å². The van der Waals surface area contributed by atoms with Crippen molar-refractivity contribution in [2.45, 2.75) is 26.2 Å². The molecule has 1 aromatic heterocycles. The lowest BCUT2D eigenvalue weighted by Gasteiger charge is -2.12. The van der Waals surface area contributed by atoms with Crippen LogP contribution in [0.15, 0.2) is 35.3 Å². The standard InChI is InChI=1S/C19H24ClN3O4/c1-3-4-11-27-12-7-10-21-15-13-22-23(18(24)17(15)20)16-9-6-5-8-14(16)19(25)26-2/h5-6,8-9,13,21H,3-4,7,10-12H2,1-2H3. The smallest absolute Gasteiger partial charge is 0.340 e. The second-order valence-electron chi connectivity index (χ2n) is 5.84. The van der Waals surface area contributed by atoms with Gasteiger partial charge in [0.2, 0.25) is 0 Å². The molecule has 0 unspecified atom stereocenters. The molecule has 0 aliphatic heterocycles. The van der Waals surface area contributed by atoms with E-state index < -0.39 is 11.5 Å². The number of benzene rings is 1. The van der Waals surface area contributed by atoms with E-state index >= 15 is 0 Å². The van der Waals surface area contributed by atoms with Gasteiger partial charge < -0.3 is 14.8 Å². The molecule has 2 aromatic rings. The van der Waals surface area contributed by atoms with Crippen molar-refractivity contribution in [3.63, 3.8) is 0 Å². The number of anilines is 1. The summed E-state index contributed by atoms with van der Waals surface area (Å²) in [5.41, 5.74) is 0.474. The molecule has 0 bridgehead atoms. The van der Waals surface area contributed by atoms with E-state index in [1.807, 2.05) is 0 Å². The molecule has 0 saturated carbocycles. The first kappa shape index (κ1) is 20.9. The monoisotopic (exact) mass is 393 g/mol. The van der Waals surface area contributed by atoms with Crippen LogP contribution in [0.2, 0.25) is 5.02 Å². The van der Waals surface area contributed by atoms with Crippen molar-refractivity contribution in [2.75, 3.05) is 32.2 Å². The van der Waals surface area contributed by atoms with Gasteiger partial charge in [0.15, 0.2) is 0 Å². The van der Waals surface area contributed by atoms with Crippen LogP contribution in [0.4, 0.5) is 5.69 Å². The van der Waals surface area contributed by atoms with Crippen molar-refractivity contribution in [3.05, 3.63) is 51.4 Å². The fourth-order valence-electron chi connectivity index (χ4n) is 2.41. The fourth-order valence-corrected chi connectivity index (χ4v) is 2.61. The van der Waals surface area contributed by atoms with Crippen LogP contribution < -0.4 is 10.9 Å². The summed E-state index contributed by atoms with van der Waals surface area (Å²) in [6.07, 6.45) is 4.41. The van der Waals surface area contributed by atoms with Crippen molar-refractivity contribution in [3.8, 4) is 5.69 Å². The molecule has 8 heteroatoms. The molecule has 2 rings (SSSR count). The Labute approximate surface area is 163 Å². The van der Waals surface area contributed by atoms with Gasteiger partial charge in [0.1, 0.15) is 5.02 Å². The quantitative estimate of drug-likeness (QED) is 0.492. The summed E-state index contributed by atoms with van der Waals surface area (Å²) in [6, 6.07) is 6.56. The first-order chi connectivity index (χ1) is 13.1. The third kappa shape index (κ3) is 5.55. The molecule has 0 radical (unpaired) electrons. The number of unbranched alkanes of at least 4 members (excludes halogenated alkanes) is 1. The summed E-state index contributed by atoms with van der Waals surface area (Å²) in [7, 11) is 1.28. The summed E-state index contributed by atoms with van der Waals surface area (Å²) in [6.45, 7) is 4.12. The van der Waals surface area contributed by atoms with Crippen molar-refractivity contribution < 1.29 is 14.3 Å². The third-order valence-electron chi connectivity index (χ3n) is 3.88. The van der Waals surface area contributed by atoms with Gasteiger partial charge in [-0.3, -0.25) is 4.79 Å². The average molecular weight is 394 g/mol. The van der Waals surface area contributed by atoms with E-state index in [4.69, 9.17) is 21.1 Å². The SMILES string of the molecule is CCCCOCCCNc1cnn(-c2ccccc2C(=O)OC)c(=O)c1Cl. The number of para-hydroxylation sites is 1. The number of carbonyl (C=O) groups is 1. The first-order valence-electron chi connectivity index (χ1n) is 8.87. The van der Waals surface area contributed by atoms with Gasteiger partial charge in [-0.1, -0.05) is 37.1 Å². The fraction of sp³-hybridized carbons (Fsp3) is 0.421. The molecule has 27 heavy (non-hydrogen) atoms. The Kier molecular flexibility index (Phi) is 8.29. The van der Waals surface area contributed by atoms with Crippen molar-refractivity contribution >= 4 is 23.3 Å². The highest BCUT2D eigenvalue weighted by atomic mass is 35.5. The average Bonchev–Trinajstić information content (AvgIpc) is 2.70. The Morgan fingerprint density at radius 3 is 2.74 bits per heavy atom. The number of esters is 1. The molecular weight excluding hydrogens is 370 g/mol. The maximum Gasteiger partial charge on any atom is 0.340 e. The topological polar surface area (TPSA) is 82.4 Å². The number of hydrogen-bond donors (Lipinski definition) is 1. The normalized spacial score (nSPS) is 10.6. The molecule has 0 atom stereocenters. The van der Waals surface area contributed by atoms with E-state index in [2.05, 4.69) is 17.3 Å². The lowest BCUT2D eigenvalue weighted by molar-refractivity contribution is 0.0600. The van der Waals surface area contributed by atoms with E-state index in [1.165, 1.54) is 13.3 Å². The zero-order chi connectivity index (χ0) is 19.6. The van der Waals surface area contributed by atoms with E-state index in [0.717, 1.165) is 30.6 Å². The van der Waals surface area contributed by atoms with Gasteiger partial charge in [-0.05, 0) is 25.0 Å². The molecule has 1 aromatic carbocycles. The van der Waals surface area contributed by atoms with Gasteiger partial charge in [0.25, 0.3) is 5.56 Å². The van der Waals surface area contributed by atoms with Crippen molar-refractivity contribution in [1.82, 2.24) is 9.78 Å². The second kappa shape index (κ2) is 10.7. The Morgan fingerprint density at radius 2 is 2.00 bits per heavy atom. The minimum Gasteiger partial charge on any atom is -0.465 e. The number of rotatable bonds is 10. The number of nitrogens with one attached hydrogen (secondary N) is 1. The predicted molar refractivity (Wildman–Crippen MR) is 105 cm³/mol. The molecule has 146 valence electrons. The maximum atomic E-state index is 12.6. The van der Waals surface area contributed by atoms with Gasteiger partial charge in [0, 0.05) is 19.8 Å². The van der Waals surface area contributed by atoms with E-state index in [0.29, 0.717) is 24.5 Å². The van der Waals surface area contributed by atoms with E-state index in [1.54, 1.807) is 24.3 Å². The number of carbonyl (C=O) groups excluding carboxylic acids is 1. The van der Waals surface area contributed by atoms with Crippen LogP contribution in [0.25, 0.3) is 5.69 Å². The molecule has 7 nitrogen and oxygen atoms in total. The van der Waals surface area contributed by atoms with Crippen LogP contribution in [0.1, 0.15) is 36.5 Å². The van der Waals surface area contributed by atoms with Crippen LogP contribution in [0.3, 0.4) is 0 Å². The highest BCUT2D eigenvalue weighted by molar-refractivity contribution is 6.32. The van der Waals surface area contributed by atoms with E-state index in [9.17, 15) is 9.59 Å². The van der Waals surface area contributed by atoms with Crippen molar-refractivity contribution in [1.29, 1.82) is 0 Å². The summed E-state index contributed by atoms with van der Waals surface area (Å²) < 4.78 is 11.3. The number of ether oxygens (including phenoxy) is 2. The number of nitrogens with zero attached hydrogens (tertiary/aromatic N) is 2. The van der Waals surface area contributed by atoms with Crippen LogP contribution in [0.5, 0.6) is 0 Å². The number of hydrogen-bond acceptors (Lipinski definition) is 6. The Balaban J connectivity index is 2.10. The van der Waals surface area contributed by atoms with Gasteiger partial charge in [-0.2, -0.15) is 9.78 Å². The van der Waals surface area contributed by atoms with Crippen molar-refractivity contribution in [2.24, 2.45) is 0 Å². The largest absolute Gasteiger partial charge is 0.465 e. The summed E-state index contributed by atoms with van der Waals surface area (Å²) in [4.78, 5) is 24.5. The molecule has 1 N–H and O–H groups in total. The molecule has 0 fully saturated rings. The lowest BCUT2D eigenvalue weighted by atomic mass is 10.2. The number of halogens is 1. The molecule has 0 aliphatic rings. The second-order valence-corrected chi connectivity index (χ2v) is 6.22. The summed E-state index contributed by atoms with van der Waals surface area (Å²) in [5.74, 6) is -0.555. The number of methoxy groups -OCH3 is 1. The minimum atomic E-state index is -0.555. The third-order valence-corrected chi connectivity index (χ3v) is 4.24. The highest BCUT2D eigenvalue weighted by Crippen LogP contribution is 2.18. The Hall–Kier alpha value is -2.38. The summed E-state index contributed by atoms with van der Waals surface area (Å²) >= 11 is 6.21. The molecule has 1 heterocycles. The van der Waals surface area contributed by atoms with Crippen LogP contribution >= 0.6 is 11.6 Å². The van der Waals surface area contributed by atoms with Gasteiger partial charge in [-0.25, -0.2) is 4.79 Å². The molecule has 0 saturated heterocycles. The van der Waals surface area contributed by atoms with Gasteiger partial charge >= 0.3 is 5.97 Å². The van der Waals surface area contributed by atoms with Gasteiger partial charge in [-0.15, -0.1) is 0 Å². The number of aromatic nitrogens is 2. The Morgan fingerprint density at radius 1 is 1.26 bits per heavy atom. The first-order valence-corrected chi connectivity index (χ1v) is 9.25. The molecule has 0 spiro atoms. The van der Waals surface area contributed by atoms with Crippen LogP contribution in [0, 0.1) is 0 Å². The minimum absolute atomic E-state index is 0.0107. The summed E-state index contributed by atoms with van der Waals surface area (Å²) in [5, 5.41) is 7.25. The molecule has 0 amide bonds. The zero-order valence-corrected chi connectivity index (χ0v) is 16.3. The molecule has 0 aliphatic carbocycles. The maximum absolute atomic E-state index is 12.6. The zero-order valence-electron chi connectivity index (χ0n) is 15.5.